The number of carboxylic acid groups (broad SMARTS) is 1. The highest BCUT2D eigenvalue weighted by Gasteiger charge is 2.28. The van der Waals surface area contributed by atoms with Gasteiger partial charge in [0, 0.05) is 11.1 Å². The lowest BCUT2D eigenvalue weighted by Crippen LogP contribution is -2.35. The van der Waals surface area contributed by atoms with Crippen LogP contribution < -0.4 is 13.8 Å². The maximum Gasteiger partial charge on any atom is 0.324 e. The van der Waals surface area contributed by atoms with Crippen molar-refractivity contribution in [2.24, 2.45) is 0 Å². The van der Waals surface area contributed by atoms with Crippen LogP contribution in [0.25, 0.3) is 0 Å². The Bertz CT molecular complexity index is 915. The van der Waals surface area contributed by atoms with E-state index < -0.39 is 22.5 Å². The quantitative estimate of drug-likeness (QED) is 0.852. The van der Waals surface area contributed by atoms with Gasteiger partial charge in [-0.2, -0.15) is 0 Å². The Labute approximate surface area is 149 Å². The van der Waals surface area contributed by atoms with E-state index in [1.165, 1.54) is 30.3 Å². The Morgan fingerprint density at radius 1 is 1.12 bits per heavy atom. The molecule has 7 nitrogen and oxygen atoms in total. The van der Waals surface area contributed by atoms with Crippen LogP contribution in [0.5, 0.6) is 11.5 Å². The Hall–Kier alpha value is -2.45. The molecule has 0 amide bonds. The minimum atomic E-state index is -4.14. The van der Waals surface area contributed by atoms with Gasteiger partial charge in [0.2, 0.25) is 0 Å². The molecule has 0 aliphatic carbocycles. The number of hydrogen-bond acceptors (Lipinski definition) is 5. The van der Waals surface area contributed by atoms with E-state index in [1.807, 2.05) is 0 Å². The first-order chi connectivity index (χ1) is 11.9. The van der Waals surface area contributed by atoms with Crippen LogP contribution in [-0.4, -0.2) is 39.3 Å². The van der Waals surface area contributed by atoms with E-state index in [0.29, 0.717) is 29.7 Å². The molecule has 1 aliphatic heterocycles. The van der Waals surface area contributed by atoms with Crippen LogP contribution in [0.1, 0.15) is 0 Å². The first kappa shape index (κ1) is 17.4. The summed E-state index contributed by atoms with van der Waals surface area (Å²) in [5, 5.41) is 9.43. The number of carboxylic acids is 1. The summed E-state index contributed by atoms with van der Waals surface area (Å²) < 4.78 is 37.5. The zero-order chi connectivity index (χ0) is 18.0. The molecule has 9 heteroatoms. The number of benzene rings is 2. The molecule has 2 aromatic carbocycles. The fraction of sp³-hybridized carbons (Fsp3) is 0.188. The summed E-state index contributed by atoms with van der Waals surface area (Å²) >= 11 is 5.91. The molecule has 0 atom stereocenters. The van der Waals surface area contributed by atoms with Crippen molar-refractivity contribution in [3.63, 3.8) is 0 Å². The topological polar surface area (TPSA) is 93.1 Å². The van der Waals surface area contributed by atoms with Crippen LogP contribution >= 0.6 is 11.6 Å². The second-order valence-electron chi connectivity index (χ2n) is 5.19. The number of rotatable bonds is 5. The van der Waals surface area contributed by atoms with Gasteiger partial charge in [0.1, 0.15) is 19.8 Å². The molecule has 0 bridgehead atoms. The zero-order valence-corrected chi connectivity index (χ0v) is 14.5. The highest BCUT2D eigenvalue weighted by atomic mass is 35.5. The van der Waals surface area contributed by atoms with E-state index in [1.54, 1.807) is 12.1 Å². The molecule has 0 saturated heterocycles. The number of sulfonamides is 1. The molecular formula is C16H14ClNO6S. The maximum atomic E-state index is 13.0. The van der Waals surface area contributed by atoms with Crippen molar-refractivity contribution in [2.75, 3.05) is 24.1 Å². The molecule has 1 heterocycles. The van der Waals surface area contributed by atoms with Gasteiger partial charge in [0.15, 0.2) is 11.5 Å². The number of carbonyl (C=O) groups is 1. The fourth-order valence-electron chi connectivity index (χ4n) is 2.38. The Morgan fingerprint density at radius 3 is 2.52 bits per heavy atom. The molecule has 0 fully saturated rings. The molecule has 0 spiro atoms. The zero-order valence-electron chi connectivity index (χ0n) is 12.9. The highest BCUT2D eigenvalue weighted by Crippen LogP contribution is 2.34. The van der Waals surface area contributed by atoms with Crippen LogP contribution in [0.2, 0.25) is 5.02 Å². The first-order valence-electron chi connectivity index (χ1n) is 7.28. The van der Waals surface area contributed by atoms with Gasteiger partial charge in [-0.05, 0) is 30.3 Å². The van der Waals surface area contributed by atoms with Gasteiger partial charge in [-0.1, -0.05) is 17.7 Å². The van der Waals surface area contributed by atoms with Crippen molar-refractivity contribution >= 4 is 33.3 Å². The standard InChI is InChI=1S/C16H14ClNO6S/c17-11-2-1-3-12(8-11)18(10-16(19)20)25(21,22)13-4-5-14-15(9-13)24-7-6-23-14/h1-5,8-9H,6-7,10H2,(H,19,20). The number of hydrogen-bond donors (Lipinski definition) is 1. The average Bonchev–Trinajstić information content (AvgIpc) is 2.59. The highest BCUT2D eigenvalue weighted by molar-refractivity contribution is 7.92. The average molecular weight is 384 g/mol. The molecule has 1 aliphatic rings. The smallest absolute Gasteiger partial charge is 0.324 e. The summed E-state index contributed by atoms with van der Waals surface area (Å²) in [6.07, 6.45) is 0. The van der Waals surface area contributed by atoms with E-state index in [4.69, 9.17) is 26.2 Å². The summed E-state index contributed by atoms with van der Waals surface area (Å²) in [5.41, 5.74) is 0.157. The van der Waals surface area contributed by atoms with Crippen LogP contribution in [-0.2, 0) is 14.8 Å². The van der Waals surface area contributed by atoms with Crippen molar-refractivity contribution in [3.05, 3.63) is 47.5 Å². The van der Waals surface area contributed by atoms with Gasteiger partial charge in [-0.25, -0.2) is 8.42 Å². The molecule has 0 unspecified atom stereocenters. The van der Waals surface area contributed by atoms with Gasteiger partial charge in [0.25, 0.3) is 10.0 Å². The lowest BCUT2D eigenvalue weighted by atomic mass is 10.3. The monoisotopic (exact) mass is 383 g/mol. The Morgan fingerprint density at radius 2 is 1.84 bits per heavy atom. The summed E-state index contributed by atoms with van der Waals surface area (Å²) in [4.78, 5) is 11.1. The molecule has 2 aromatic rings. The minimum absolute atomic E-state index is 0.0991. The SMILES string of the molecule is O=C(O)CN(c1cccc(Cl)c1)S(=O)(=O)c1ccc2c(c1)OCCO2. The lowest BCUT2D eigenvalue weighted by molar-refractivity contribution is -0.135. The first-order valence-corrected chi connectivity index (χ1v) is 9.09. The Balaban J connectivity index is 2.06. The number of aliphatic carboxylic acids is 1. The van der Waals surface area contributed by atoms with E-state index in [-0.39, 0.29) is 10.6 Å². The molecule has 1 N–H and O–H groups in total. The molecule has 132 valence electrons. The van der Waals surface area contributed by atoms with Crippen molar-refractivity contribution < 1.29 is 27.8 Å². The number of nitrogens with zero attached hydrogens (tertiary/aromatic N) is 1. The fourth-order valence-corrected chi connectivity index (χ4v) is 3.99. The summed E-state index contributed by atoms with van der Waals surface area (Å²) in [5.74, 6) is -0.549. The minimum Gasteiger partial charge on any atom is -0.486 e. The van der Waals surface area contributed by atoms with Crippen molar-refractivity contribution in [1.82, 2.24) is 0 Å². The van der Waals surface area contributed by atoms with Crippen LogP contribution in [0.4, 0.5) is 5.69 Å². The number of anilines is 1. The molecule has 3 rings (SSSR count). The normalized spacial score (nSPS) is 13.3. The van der Waals surface area contributed by atoms with Crippen molar-refractivity contribution in [2.45, 2.75) is 4.90 Å². The third kappa shape index (κ3) is 3.64. The predicted octanol–water partition coefficient (Wildman–Crippen LogP) is 2.39. The second kappa shape index (κ2) is 6.81. The van der Waals surface area contributed by atoms with Crippen molar-refractivity contribution in [3.8, 4) is 11.5 Å². The van der Waals surface area contributed by atoms with Crippen molar-refractivity contribution in [1.29, 1.82) is 0 Å². The predicted molar refractivity (Wildman–Crippen MR) is 91.1 cm³/mol. The van der Waals surface area contributed by atoms with E-state index in [0.717, 1.165) is 4.31 Å². The third-order valence-electron chi connectivity index (χ3n) is 3.48. The summed E-state index contributed by atoms with van der Waals surface area (Å²) in [6.45, 7) is -0.0481. The number of ether oxygens (including phenoxy) is 2. The van der Waals surface area contributed by atoms with Gasteiger partial charge in [-0.15, -0.1) is 0 Å². The van der Waals surface area contributed by atoms with E-state index in [2.05, 4.69) is 0 Å². The van der Waals surface area contributed by atoms with Gasteiger partial charge >= 0.3 is 5.97 Å². The third-order valence-corrected chi connectivity index (χ3v) is 5.48. The van der Waals surface area contributed by atoms with Gasteiger partial charge in [0.05, 0.1) is 10.6 Å². The van der Waals surface area contributed by atoms with Crippen LogP contribution in [0.15, 0.2) is 47.4 Å². The van der Waals surface area contributed by atoms with Crippen LogP contribution in [0.3, 0.4) is 0 Å². The molecule has 25 heavy (non-hydrogen) atoms. The number of halogens is 1. The van der Waals surface area contributed by atoms with Crippen LogP contribution in [0, 0.1) is 0 Å². The summed E-state index contributed by atoms with van der Waals surface area (Å²) in [6, 6.07) is 10.1. The maximum absolute atomic E-state index is 13.0. The van der Waals surface area contributed by atoms with E-state index >= 15 is 0 Å². The molecule has 0 saturated carbocycles. The molecular weight excluding hydrogens is 370 g/mol. The lowest BCUT2D eigenvalue weighted by Gasteiger charge is -2.24. The molecule has 0 radical (unpaired) electrons. The number of fused-ring (bicyclic) bond motifs is 1. The largest absolute Gasteiger partial charge is 0.486 e. The molecule has 0 aromatic heterocycles. The summed E-state index contributed by atoms with van der Waals surface area (Å²) in [7, 11) is -4.14. The van der Waals surface area contributed by atoms with Gasteiger partial charge < -0.3 is 14.6 Å². The van der Waals surface area contributed by atoms with E-state index in [9.17, 15) is 13.2 Å². The second-order valence-corrected chi connectivity index (χ2v) is 7.49. The van der Waals surface area contributed by atoms with Gasteiger partial charge in [-0.3, -0.25) is 9.10 Å². The Kier molecular flexibility index (Phi) is 4.73.